The maximum atomic E-state index is 12.7. The number of rotatable bonds is 5. The Morgan fingerprint density at radius 1 is 1.00 bits per heavy atom. The van der Waals surface area contributed by atoms with Crippen LogP contribution in [0.15, 0.2) is 72.8 Å². The smallest absolute Gasteiger partial charge is 0.229 e. The SMILES string of the molecule is Cc1c(Cl)cccc1N1C[C@@H](C(=O)Nc2ccc(Oc3ccccc3)cc2)CC1=O. The van der Waals surface area contributed by atoms with Gasteiger partial charge in [-0.1, -0.05) is 35.9 Å². The first-order valence-corrected chi connectivity index (χ1v) is 10.1. The summed E-state index contributed by atoms with van der Waals surface area (Å²) in [5.74, 6) is 0.749. The molecule has 1 heterocycles. The van der Waals surface area contributed by atoms with E-state index in [0.717, 1.165) is 17.0 Å². The zero-order valence-corrected chi connectivity index (χ0v) is 17.2. The van der Waals surface area contributed by atoms with Gasteiger partial charge in [0.25, 0.3) is 0 Å². The highest BCUT2D eigenvalue weighted by Gasteiger charge is 2.35. The largest absolute Gasteiger partial charge is 0.457 e. The van der Waals surface area contributed by atoms with E-state index in [-0.39, 0.29) is 18.2 Å². The van der Waals surface area contributed by atoms with Crippen molar-refractivity contribution in [3.05, 3.63) is 83.4 Å². The van der Waals surface area contributed by atoms with Crippen LogP contribution in [0.2, 0.25) is 5.02 Å². The van der Waals surface area contributed by atoms with Crippen molar-refractivity contribution in [2.24, 2.45) is 5.92 Å². The van der Waals surface area contributed by atoms with E-state index in [0.29, 0.717) is 23.0 Å². The number of nitrogens with one attached hydrogen (secondary N) is 1. The van der Waals surface area contributed by atoms with Crippen LogP contribution in [0.1, 0.15) is 12.0 Å². The molecule has 6 heteroatoms. The maximum Gasteiger partial charge on any atom is 0.229 e. The zero-order valence-electron chi connectivity index (χ0n) is 16.5. The number of benzene rings is 3. The molecular weight excluding hydrogens is 400 g/mol. The number of nitrogens with zero attached hydrogens (tertiary/aromatic N) is 1. The number of carbonyl (C=O) groups excluding carboxylic acids is 2. The summed E-state index contributed by atoms with van der Waals surface area (Å²) in [6.07, 6.45) is 0.174. The van der Waals surface area contributed by atoms with Gasteiger partial charge in [-0.15, -0.1) is 0 Å². The highest BCUT2D eigenvalue weighted by molar-refractivity contribution is 6.31. The van der Waals surface area contributed by atoms with E-state index in [1.54, 1.807) is 35.2 Å². The first-order valence-electron chi connectivity index (χ1n) is 9.70. The van der Waals surface area contributed by atoms with Crippen LogP contribution in [0.4, 0.5) is 11.4 Å². The molecule has 2 amide bonds. The van der Waals surface area contributed by atoms with Gasteiger partial charge in [0.2, 0.25) is 11.8 Å². The Kier molecular flexibility index (Phi) is 5.72. The minimum absolute atomic E-state index is 0.0767. The van der Waals surface area contributed by atoms with Crippen molar-refractivity contribution >= 4 is 34.8 Å². The topological polar surface area (TPSA) is 58.6 Å². The van der Waals surface area contributed by atoms with Crippen LogP contribution < -0.4 is 15.0 Å². The number of amides is 2. The van der Waals surface area contributed by atoms with E-state index in [4.69, 9.17) is 16.3 Å². The molecule has 1 atom stereocenters. The minimum Gasteiger partial charge on any atom is -0.457 e. The van der Waals surface area contributed by atoms with Crippen molar-refractivity contribution < 1.29 is 14.3 Å². The summed E-state index contributed by atoms with van der Waals surface area (Å²) in [7, 11) is 0. The fourth-order valence-corrected chi connectivity index (χ4v) is 3.65. The molecular formula is C24H21ClN2O3. The molecule has 30 heavy (non-hydrogen) atoms. The van der Waals surface area contributed by atoms with Crippen LogP contribution >= 0.6 is 11.6 Å². The fraction of sp³-hybridized carbons (Fsp3) is 0.167. The van der Waals surface area contributed by atoms with Gasteiger partial charge in [0.1, 0.15) is 11.5 Å². The third-order valence-electron chi connectivity index (χ3n) is 5.13. The second-order valence-electron chi connectivity index (χ2n) is 7.22. The molecule has 0 saturated carbocycles. The molecule has 1 fully saturated rings. The average Bonchev–Trinajstić information content (AvgIpc) is 3.14. The Hall–Kier alpha value is -3.31. The lowest BCUT2D eigenvalue weighted by Crippen LogP contribution is -2.28. The van der Waals surface area contributed by atoms with Crippen LogP contribution in [0.5, 0.6) is 11.5 Å². The Morgan fingerprint density at radius 3 is 2.43 bits per heavy atom. The number of carbonyl (C=O) groups is 2. The standard InChI is InChI=1S/C24H21ClN2O3/c1-16-21(25)8-5-9-22(16)27-15-17(14-23(27)28)24(29)26-18-10-12-20(13-11-18)30-19-6-3-2-4-7-19/h2-13,17H,14-15H2,1H3,(H,26,29)/t17-/m0/s1. The Bertz CT molecular complexity index is 1070. The third kappa shape index (κ3) is 4.31. The summed E-state index contributed by atoms with van der Waals surface area (Å²) in [4.78, 5) is 26.9. The van der Waals surface area contributed by atoms with Crippen LogP contribution in [0, 0.1) is 12.8 Å². The van der Waals surface area contributed by atoms with Gasteiger partial charge in [0, 0.05) is 29.4 Å². The van der Waals surface area contributed by atoms with Crippen LogP contribution in [0.3, 0.4) is 0 Å². The molecule has 0 unspecified atom stereocenters. The van der Waals surface area contributed by atoms with E-state index in [2.05, 4.69) is 5.32 Å². The van der Waals surface area contributed by atoms with Crippen molar-refractivity contribution in [1.29, 1.82) is 0 Å². The van der Waals surface area contributed by atoms with E-state index >= 15 is 0 Å². The molecule has 0 radical (unpaired) electrons. The summed E-state index contributed by atoms with van der Waals surface area (Å²) < 4.78 is 5.76. The first kappa shape index (κ1) is 20.0. The van der Waals surface area contributed by atoms with Crippen molar-refractivity contribution in [2.75, 3.05) is 16.8 Å². The van der Waals surface area contributed by atoms with E-state index in [1.807, 2.05) is 49.4 Å². The predicted molar refractivity (Wildman–Crippen MR) is 118 cm³/mol. The summed E-state index contributed by atoms with van der Waals surface area (Å²) in [6, 6.07) is 22.1. The first-order chi connectivity index (χ1) is 14.5. The van der Waals surface area contributed by atoms with Gasteiger partial charge in [-0.3, -0.25) is 9.59 Å². The molecule has 0 bridgehead atoms. The second-order valence-corrected chi connectivity index (χ2v) is 7.63. The molecule has 1 saturated heterocycles. The summed E-state index contributed by atoms with van der Waals surface area (Å²) in [5.41, 5.74) is 2.25. The van der Waals surface area contributed by atoms with Crippen molar-refractivity contribution in [2.45, 2.75) is 13.3 Å². The van der Waals surface area contributed by atoms with Crippen LogP contribution in [0.25, 0.3) is 0 Å². The maximum absolute atomic E-state index is 12.7. The van der Waals surface area contributed by atoms with Gasteiger partial charge in [0.05, 0.1) is 5.92 Å². The molecule has 152 valence electrons. The van der Waals surface area contributed by atoms with Crippen molar-refractivity contribution in [3.63, 3.8) is 0 Å². The number of hydrogen-bond donors (Lipinski definition) is 1. The van der Waals surface area contributed by atoms with Crippen LogP contribution in [-0.2, 0) is 9.59 Å². The predicted octanol–water partition coefficient (Wildman–Crippen LogP) is 5.43. The molecule has 0 spiro atoms. The molecule has 1 aliphatic heterocycles. The zero-order chi connectivity index (χ0) is 21.1. The van der Waals surface area contributed by atoms with Gasteiger partial charge < -0.3 is 15.0 Å². The second kappa shape index (κ2) is 8.59. The number of para-hydroxylation sites is 1. The molecule has 1 aliphatic rings. The van der Waals surface area contributed by atoms with Gasteiger partial charge in [0.15, 0.2) is 0 Å². The van der Waals surface area contributed by atoms with E-state index in [9.17, 15) is 9.59 Å². The monoisotopic (exact) mass is 420 g/mol. The highest BCUT2D eigenvalue weighted by atomic mass is 35.5. The Morgan fingerprint density at radius 2 is 1.70 bits per heavy atom. The lowest BCUT2D eigenvalue weighted by atomic mass is 10.1. The van der Waals surface area contributed by atoms with Gasteiger partial charge >= 0.3 is 0 Å². The van der Waals surface area contributed by atoms with Gasteiger partial charge in [-0.25, -0.2) is 0 Å². The van der Waals surface area contributed by atoms with Crippen molar-refractivity contribution in [3.8, 4) is 11.5 Å². The number of halogens is 1. The highest BCUT2D eigenvalue weighted by Crippen LogP contribution is 2.32. The average molecular weight is 421 g/mol. The number of hydrogen-bond acceptors (Lipinski definition) is 3. The fourth-order valence-electron chi connectivity index (χ4n) is 3.48. The van der Waals surface area contributed by atoms with Crippen molar-refractivity contribution in [1.82, 2.24) is 0 Å². The molecule has 0 aromatic heterocycles. The quantitative estimate of drug-likeness (QED) is 0.598. The number of anilines is 2. The lowest BCUT2D eigenvalue weighted by Gasteiger charge is -2.19. The lowest BCUT2D eigenvalue weighted by molar-refractivity contribution is -0.122. The Balaban J connectivity index is 1.39. The third-order valence-corrected chi connectivity index (χ3v) is 5.54. The Labute approximate surface area is 180 Å². The molecule has 4 rings (SSSR count). The molecule has 1 N–H and O–H groups in total. The van der Waals surface area contributed by atoms with E-state index < -0.39 is 5.92 Å². The van der Waals surface area contributed by atoms with E-state index in [1.165, 1.54) is 0 Å². The molecule has 3 aromatic rings. The van der Waals surface area contributed by atoms with Gasteiger partial charge in [-0.2, -0.15) is 0 Å². The van der Waals surface area contributed by atoms with Gasteiger partial charge in [-0.05, 0) is 61.0 Å². The van der Waals surface area contributed by atoms with Crippen LogP contribution in [-0.4, -0.2) is 18.4 Å². The summed E-state index contributed by atoms with van der Waals surface area (Å²) in [6.45, 7) is 2.21. The normalized spacial score (nSPS) is 15.9. The molecule has 0 aliphatic carbocycles. The molecule has 5 nitrogen and oxygen atoms in total. The minimum atomic E-state index is -0.420. The summed E-state index contributed by atoms with van der Waals surface area (Å²) >= 11 is 6.18. The molecule has 3 aromatic carbocycles. The summed E-state index contributed by atoms with van der Waals surface area (Å²) in [5, 5.41) is 3.50. The number of ether oxygens (including phenoxy) is 1.